The molecule has 1 rings (SSSR count). The van der Waals surface area contributed by atoms with Gasteiger partial charge in [0, 0.05) is 5.56 Å². The van der Waals surface area contributed by atoms with Crippen LogP contribution in [0.4, 0.5) is 8.78 Å². The Balaban J connectivity index is 3.20. The first-order chi connectivity index (χ1) is 6.60. The Kier molecular flexibility index (Phi) is 3.61. The van der Waals surface area contributed by atoms with Gasteiger partial charge in [0.25, 0.3) is 0 Å². The molecule has 1 aromatic carbocycles. The first-order valence-electron chi connectivity index (χ1n) is 4.04. The Hall–Kier alpha value is -0.930. The van der Waals surface area contributed by atoms with E-state index in [1.165, 1.54) is 6.08 Å². The highest BCUT2D eigenvalue weighted by atomic mass is 35.5. The monoisotopic (exact) mass is 217 g/mol. The lowest BCUT2D eigenvalue weighted by Crippen LogP contribution is -2.15. The molecule has 0 fully saturated rings. The van der Waals surface area contributed by atoms with E-state index in [9.17, 15) is 8.78 Å². The minimum Gasteiger partial charge on any atom is -0.310 e. The maximum atomic E-state index is 13.3. The summed E-state index contributed by atoms with van der Waals surface area (Å²) < 4.78 is 26.3. The molecule has 14 heavy (non-hydrogen) atoms. The summed E-state index contributed by atoms with van der Waals surface area (Å²) in [7, 11) is 1.64. The molecule has 0 amide bonds. The highest BCUT2D eigenvalue weighted by molar-refractivity contribution is 6.30. The molecule has 0 bridgehead atoms. The lowest BCUT2D eigenvalue weighted by atomic mass is 10.1. The zero-order chi connectivity index (χ0) is 10.7. The molecule has 1 unspecified atom stereocenters. The molecule has 0 radical (unpaired) electrons. The molecule has 0 saturated carbocycles. The fourth-order valence-corrected chi connectivity index (χ4v) is 1.33. The molecule has 0 saturated heterocycles. The van der Waals surface area contributed by atoms with Gasteiger partial charge in [-0.15, -0.1) is 6.58 Å². The first kappa shape index (κ1) is 11.1. The van der Waals surface area contributed by atoms with Crippen LogP contribution in [0.1, 0.15) is 11.6 Å². The van der Waals surface area contributed by atoms with E-state index in [-0.39, 0.29) is 10.6 Å². The van der Waals surface area contributed by atoms with Crippen LogP contribution < -0.4 is 5.32 Å². The normalized spacial score (nSPS) is 12.6. The van der Waals surface area contributed by atoms with Gasteiger partial charge in [0.1, 0.15) is 11.6 Å². The number of hydrogen-bond acceptors (Lipinski definition) is 1. The standard InChI is InChI=1S/C10H10ClF2N/c1-3-10(14-2)6-4-9(13)7(11)5-8(6)12/h3-5,10,14H,1H2,2H3. The van der Waals surface area contributed by atoms with Gasteiger partial charge in [-0.25, -0.2) is 8.78 Å². The van der Waals surface area contributed by atoms with Crippen molar-refractivity contribution < 1.29 is 8.78 Å². The summed E-state index contributed by atoms with van der Waals surface area (Å²) in [6.07, 6.45) is 1.49. The summed E-state index contributed by atoms with van der Waals surface area (Å²) in [5.74, 6) is -1.18. The molecule has 0 aliphatic rings. The molecule has 0 aliphatic heterocycles. The summed E-state index contributed by atoms with van der Waals surface area (Å²) in [6.45, 7) is 3.52. The van der Waals surface area contributed by atoms with E-state index in [4.69, 9.17) is 11.6 Å². The van der Waals surface area contributed by atoms with Crippen LogP contribution in [0.15, 0.2) is 24.8 Å². The fourth-order valence-electron chi connectivity index (χ4n) is 1.18. The van der Waals surface area contributed by atoms with Gasteiger partial charge in [0.15, 0.2) is 0 Å². The number of nitrogens with one attached hydrogen (secondary N) is 1. The van der Waals surface area contributed by atoms with Gasteiger partial charge >= 0.3 is 0 Å². The van der Waals surface area contributed by atoms with Crippen molar-refractivity contribution >= 4 is 11.6 Å². The molecule has 1 aromatic rings. The minimum absolute atomic E-state index is 0.199. The number of hydrogen-bond donors (Lipinski definition) is 1. The van der Waals surface area contributed by atoms with Crippen molar-refractivity contribution in [2.45, 2.75) is 6.04 Å². The maximum absolute atomic E-state index is 13.3. The molecule has 1 atom stereocenters. The molecule has 1 nitrogen and oxygen atoms in total. The van der Waals surface area contributed by atoms with Crippen LogP contribution in [0.3, 0.4) is 0 Å². The van der Waals surface area contributed by atoms with E-state index in [2.05, 4.69) is 11.9 Å². The summed E-state index contributed by atoms with van der Waals surface area (Å²) in [4.78, 5) is 0. The molecule has 0 heterocycles. The lowest BCUT2D eigenvalue weighted by Gasteiger charge is -2.13. The summed E-state index contributed by atoms with van der Waals surface area (Å²) in [5, 5.41) is 2.57. The second-order valence-corrected chi connectivity index (χ2v) is 3.20. The average Bonchev–Trinajstić information content (AvgIpc) is 2.15. The van der Waals surface area contributed by atoms with E-state index in [1.807, 2.05) is 0 Å². The number of benzene rings is 1. The first-order valence-corrected chi connectivity index (χ1v) is 4.42. The van der Waals surface area contributed by atoms with Crippen molar-refractivity contribution in [2.24, 2.45) is 0 Å². The zero-order valence-electron chi connectivity index (χ0n) is 7.65. The second-order valence-electron chi connectivity index (χ2n) is 2.79. The number of halogens is 3. The van der Waals surface area contributed by atoms with Crippen molar-refractivity contribution in [3.63, 3.8) is 0 Å². The van der Waals surface area contributed by atoms with Crippen LogP contribution in [0.5, 0.6) is 0 Å². The van der Waals surface area contributed by atoms with Gasteiger partial charge in [0.2, 0.25) is 0 Å². The van der Waals surface area contributed by atoms with Gasteiger partial charge in [-0.1, -0.05) is 17.7 Å². The third kappa shape index (κ3) is 2.11. The Morgan fingerprint density at radius 1 is 1.43 bits per heavy atom. The molecule has 4 heteroatoms. The van der Waals surface area contributed by atoms with Gasteiger partial charge < -0.3 is 5.32 Å². The smallest absolute Gasteiger partial charge is 0.142 e. The van der Waals surface area contributed by atoms with Gasteiger partial charge in [-0.05, 0) is 19.2 Å². The predicted octanol–water partition coefficient (Wildman–Crippen LogP) is 3.06. The molecule has 0 aliphatic carbocycles. The molecular weight excluding hydrogens is 208 g/mol. The van der Waals surface area contributed by atoms with Crippen molar-refractivity contribution in [3.8, 4) is 0 Å². The van der Waals surface area contributed by atoms with Crippen LogP contribution in [0, 0.1) is 11.6 Å². The van der Waals surface area contributed by atoms with Crippen LogP contribution in [0.2, 0.25) is 5.02 Å². The second kappa shape index (κ2) is 4.53. The Morgan fingerprint density at radius 2 is 2.07 bits per heavy atom. The predicted molar refractivity (Wildman–Crippen MR) is 53.4 cm³/mol. The largest absolute Gasteiger partial charge is 0.310 e. The summed E-state index contributed by atoms with van der Waals surface area (Å²) in [5.41, 5.74) is 0.199. The Morgan fingerprint density at radius 3 is 2.57 bits per heavy atom. The van der Waals surface area contributed by atoms with Crippen LogP contribution >= 0.6 is 11.6 Å². The van der Waals surface area contributed by atoms with E-state index in [0.717, 1.165) is 12.1 Å². The third-order valence-corrected chi connectivity index (χ3v) is 2.21. The van der Waals surface area contributed by atoms with Gasteiger partial charge in [-0.2, -0.15) is 0 Å². The fraction of sp³-hybridized carbons (Fsp3) is 0.200. The van der Waals surface area contributed by atoms with Crippen LogP contribution in [-0.4, -0.2) is 7.05 Å². The van der Waals surface area contributed by atoms with Crippen molar-refractivity contribution in [1.29, 1.82) is 0 Å². The topological polar surface area (TPSA) is 12.0 Å². The number of likely N-dealkylation sites (N-methyl/N-ethyl adjacent to an activating group) is 1. The minimum atomic E-state index is -0.634. The Bertz CT molecular complexity index is 352. The number of rotatable bonds is 3. The van der Waals surface area contributed by atoms with Crippen LogP contribution in [-0.2, 0) is 0 Å². The van der Waals surface area contributed by atoms with Gasteiger partial charge in [0.05, 0.1) is 11.1 Å². The lowest BCUT2D eigenvalue weighted by molar-refractivity contribution is 0.563. The molecule has 0 spiro atoms. The highest BCUT2D eigenvalue weighted by Crippen LogP contribution is 2.24. The highest BCUT2D eigenvalue weighted by Gasteiger charge is 2.13. The third-order valence-electron chi connectivity index (χ3n) is 1.92. The zero-order valence-corrected chi connectivity index (χ0v) is 8.41. The SMILES string of the molecule is C=CC(NC)c1cc(F)c(Cl)cc1F. The molecule has 76 valence electrons. The maximum Gasteiger partial charge on any atom is 0.142 e. The average molecular weight is 218 g/mol. The molecule has 0 aromatic heterocycles. The molecular formula is C10H10ClF2N. The van der Waals surface area contributed by atoms with Gasteiger partial charge in [-0.3, -0.25) is 0 Å². The molecule has 1 N–H and O–H groups in total. The van der Waals surface area contributed by atoms with E-state index < -0.39 is 17.7 Å². The summed E-state index contributed by atoms with van der Waals surface area (Å²) >= 11 is 5.42. The van der Waals surface area contributed by atoms with E-state index in [1.54, 1.807) is 7.05 Å². The summed E-state index contributed by atoms with van der Waals surface area (Å²) in [6, 6.07) is 1.61. The van der Waals surface area contributed by atoms with Crippen molar-refractivity contribution in [1.82, 2.24) is 5.32 Å². The van der Waals surface area contributed by atoms with Crippen molar-refractivity contribution in [3.05, 3.63) is 47.0 Å². The van der Waals surface area contributed by atoms with E-state index in [0.29, 0.717) is 0 Å². The quantitative estimate of drug-likeness (QED) is 0.606. The van der Waals surface area contributed by atoms with Crippen LogP contribution in [0.25, 0.3) is 0 Å². The Labute approximate surface area is 86.4 Å². The van der Waals surface area contributed by atoms with Crippen molar-refractivity contribution in [2.75, 3.05) is 7.05 Å². The van der Waals surface area contributed by atoms with E-state index >= 15 is 0 Å².